The normalized spacial score (nSPS) is 12.6. The highest BCUT2D eigenvalue weighted by Gasteiger charge is 2.35. The van der Waals surface area contributed by atoms with E-state index >= 15 is 0 Å². The van der Waals surface area contributed by atoms with E-state index in [0.717, 1.165) is 83.5 Å². The fourth-order valence-electron chi connectivity index (χ4n) is 19.9. The van der Waals surface area contributed by atoms with Crippen molar-refractivity contribution in [3.05, 3.63) is 418 Å². The van der Waals surface area contributed by atoms with Crippen LogP contribution in [0, 0.1) is 0 Å². The molecular formula is C115H73N7. The van der Waals surface area contributed by atoms with Crippen molar-refractivity contribution in [1.29, 1.82) is 0 Å². The number of hydrogen-bond donors (Lipinski definition) is 0. The molecule has 27 rings (SSSR count). The standard InChI is InChI=1S/C39H24N2.C38H23N3.C38H26N2/c1-2-9-26-20-31(17-16-25(26)8-1)27-12-7-13-28(21-27)32-18-19-37-34(23-32)33-22-29-10-3-4-11-30(29)24-35(33)39-40-36-14-5-6-15-38(36)41(37)39;1-2-9-25-20-28(17-16-24(25)8-1)33-13-7-14-34(39-33)29-18-19-36-31(23-29)30-21-26-10-3-4-11-27(26)22-32(30)38-40-35-12-5-6-15-37(35)41(36)38;1-38(2)32-12-6-5-11-27(32)28-17-15-26(22-33(28)38)25-16-18-35-30(20-25)29-19-23-9-3-4-10-24(23)21-31(29)37-39-34-13-7-8-14-36(34)40(35)37/h1-24H;1-23H;3-22H,1-2H3. The van der Waals surface area contributed by atoms with Gasteiger partial charge in [-0.3, -0.25) is 13.2 Å². The summed E-state index contributed by atoms with van der Waals surface area (Å²) in [5, 5.41) is 23.2. The molecule has 7 aromatic heterocycles. The molecule has 7 heterocycles. The third kappa shape index (κ3) is 11.0. The van der Waals surface area contributed by atoms with Crippen molar-refractivity contribution in [1.82, 2.24) is 33.1 Å². The Morgan fingerprint density at radius 1 is 0.180 bits per heavy atom. The molecule has 1 aliphatic rings. The summed E-state index contributed by atoms with van der Waals surface area (Å²) in [6, 6.07) is 147. The van der Waals surface area contributed by atoms with Crippen LogP contribution in [0.4, 0.5) is 0 Å². The molecule has 0 unspecified atom stereocenters. The fraction of sp³-hybridized carbons (Fsp3) is 0.0261. The molecule has 568 valence electrons. The zero-order valence-electron chi connectivity index (χ0n) is 66.8. The molecule has 0 bridgehead atoms. The van der Waals surface area contributed by atoms with E-state index in [2.05, 4.69) is 433 Å². The minimum absolute atomic E-state index is 0.0215. The highest BCUT2D eigenvalue weighted by Crippen LogP contribution is 2.51. The number of benzene rings is 19. The maximum Gasteiger partial charge on any atom is 0.146 e. The van der Waals surface area contributed by atoms with Gasteiger partial charge in [-0.15, -0.1) is 0 Å². The smallest absolute Gasteiger partial charge is 0.146 e. The van der Waals surface area contributed by atoms with Crippen LogP contribution in [0.5, 0.6) is 0 Å². The van der Waals surface area contributed by atoms with Crippen molar-refractivity contribution < 1.29 is 0 Å². The Hall–Kier alpha value is -16.0. The van der Waals surface area contributed by atoms with Gasteiger partial charge in [0.15, 0.2) is 0 Å². The second kappa shape index (κ2) is 27.0. The first-order valence-electron chi connectivity index (χ1n) is 42.0. The summed E-state index contributed by atoms with van der Waals surface area (Å²) < 4.78 is 6.98. The molecule has 26 aromatic rings. The molecule has 1 aliphatic carbocycles. The average molecular weight is 1550 g/mol. The van der Waals surface area contributed by atoms with E-state index in [4.69, 9.17) is 19.9 Å². The number of fused-ring (bicyclic) bond motifs is 32. The van der Waals surface area contributed by atoms with Crippen molar-refractivity contribution in [3.8, 4) is 67.0 Å². The summed E-state index contributed by atoms with van der Waals surface area (Å²) in [7, 11) is 0. The van der Waals surface area contributed by atoms with Crippen LogP contribution in [0.1, 0.15) is 25.0 Å². The lowest BCUT2D eigenvalue weighted by Gasteiger charge is -2.22. The van der Waals surface area contributed by atoms with Crippen LogP contribution in [0.3, 0.4) is 0 Å². The molecule has 19 aromatic carbocycles. The molecule has 0 amide bonds. The largest absolute Gasteiger partial charge is 0.292 e. The van der Waals surface area contributed by atoms with E-state index in [9.17, 15) is 0 Å². The average Bonchev–Trinajstić information content (AvgIpc) is 1.50. The first kappa shape index (κ1) is 69.2. The van der Waals surface area contributed by atoms with E-state index < -0.39 is 0 Å². The number of hydrogen-bond acceptors (Lipinski definition) is 4. The van der Waals surface area contributed by atoms with E-state index in [-0.39, 0.29) is 5.41 Å². The summed E-state index contributed by atoms with van der Waals surface area (Å²) in [5.41, 5.74) is 30.0. The predicted molar refractivity (Wildman–Crippen MR) is 513 cm³/mol. The van der Waals surface area contributed by atoms with Gasteiger partial charge in [-0.05, 0) is 271 Å². The van der Waals surface area contributed by atoms with Crippen LogP contribution >= 0.6 is 0 Å². The van der Waals surface area contributed by atoms with Crippen LogP contribution in [0.15, 0.2) is 406 Å². The molecule has 0 saturated heterocycles. The monoisotopic (exact) mass is 1550 g/mol. The number of pyridine rings is 4. The summed E-state index contributed by atoms with van der Waals surface area (Å²) in [6.45, 7) is 4.70. The topological polar surface area (TPSA) is 64.8 Å². The lowest BCUT2D eigenvalue weighted by molar-refractivity contribution is 0.660. The molecule has 0 radical (unpaired) electrons. The Bertz CT molecular complexity index is 8620. The molecule has 7 heteroatoms. The van der Waals surface area contributed by atoms with Crippen molar-refractivity contribution in [2.24, 2.45) is 0 Å². The summed E-state index contributed by atoms with van der Waals surface area (Å²) in [6.07, 6.45) is 0. The zero-order valence-corrected chi connectivity index (χ0v) is 66.8. The Labute approximate surface area is 701 Å². The van der Waals surface area contributed by atoms with Gasteiger partial charge < -0.3 is 0 Å². The van der Waals surface area contributed by atoms with Crippen LogP contribution in [0.25, 0.3) is 236 Å². The second-order valence-corrected chi connectivity index (χ2v) is 33.3. The minimum Gasteiger partial charge on any atom is -0.292 e. The van der Waals surface area contributed by atoms with Gasteiger partial charge in [0, 0.05) is 48.9 Å². The molecule has 122 heavy (non-hydrogen) atoms. The lowest BCUT2D eigenvalue weighted by Crippen LogP contribution is -2.14. The lowest BCUT2D eigenvalue weighted by atomic mass is 9.81. The summed E-state index contributed by atoms with van der Waals surface area (Å²) in [5.74, 6) is 0. The van der Waals surface area contributed by atoms with Crippen molar-refractivity contribution in [3.63, 3.8) is 0 Å². The van der Waals surface area contributed by atoms with Crippen LogP contribution < -0.4 is 0 Å². The SMILES string of the molecule is CC1(C)c2ccccc2-c2ccc(-c3ccc4c(c3)c3cc5ccccc5cc3c3nc5ccccc5n43)cc21.c1cc(-c2ccc3ccccc3c2)cc(-c2ccc3c(c2)c2cc4ccccc4cc2c2nc4ccccc4n32)c1.c1cc(-c2ccc3ccccc3c2)nc(-c2ccc3c(c2)c2cc4ccccc4cc2c2nc4ccccc4n32)c1. The van der Waals surface area contributed by atoms with Crippen LogP contribution in [0.2, 0.25) is 0 Å². The number of aromatic nitrogens is 7. The van der Waals surface area contributed by atoms with Gasteiger partial charge in [-0.1, -0.05) is 275 Å². The fourth-order valence-corrected chi connectivity index (χ4v) is 19.9. The first-order chi connectivity index (χ1) is 60.2. The van der Waals surface area contributed by atoms with E-state index in [0.29, 0.717) is 0 Å². The van der Waals surface area contributed by atoms with Gasteiger partial charge in [0.2, 0.25) is 0 Å². The first-order valence-corrected chi connectivity index (χ1v) is 42.0. The van der Waals surface area contributed by atoms with Crippen molar-refractivity contribution in [2.45, 2.75) is 19.3 Å². The number of para-hydroxylation sites is 6. The Morgan fingerprint density at radius 3 is 0.943 bits per heavy atom. The van der Waals surface area contributed by atoms with Crippen molar-refractivity contribution in [2.75, 3.05) is 0 Å². The maximum atomic E-state index is 5.14. The maximum absolute atomic E-state index is 5.14. The van der Waals surface area contributed by atoms with Gasteiger partial charge in [-0.25, -0.2) is 19.9 Å². The molecule has 0 N–H and O–H groups in total. The Kier molecular flexibility index (Phi) is 15.3. The van der Waals surface area contributed by atoms with Crippen molar-refractivity contribution >= 4 is 169 Å². The van der Waals surface area contributed by atoms with Gasteiger partial charge in [0.25, 0.3) is 0 Å². The Morgan fingerprint density at radius 2 is 0.484 bits per heavy atom. The molecule has 0 atom stereocenters. The molecule has 0 saturated carbocycles. The number of imidazole rings is 3. The minimum atomic E-state index is -0.0215. The molecule has 7 nitrogen and oxygen atoms in total. The summed E-state index contributed by atoms with van der Waals surface area (Å²) in [4.78, 5) is 20.5. The van der Waals surface area contributed by atoms with Gasteiger partial charge >= 0.3 is 0 Å². The zero-order chi connectivity index (χ0) is 80.4. The van der Waals surface area contributed by atoms with Gasteiger partial charge in [-0.2, -0.15) is 0 Å². The molecule has 0 spiro atoms. The van der Waals surface area contributed by atoms with Gasteiger partial charge in [0.1, 0.15) is 16.9 Å². The second-order valence-electron chi connectivity index (χ2n) is 33.3. The third-order valence-corrected chi connectivity index (χ3v) is 25.9. The highest BCUT2D eigenvalue weighted by atomic mass is 15.0. The number of nitrogens with zero attached hydrogens (tertiary/aromatic N) is 7. The van der Waals surface area contributed by atoms with Crippen LogP contribution in [-0.4, -0.2) is 33.1 Å². The predicted octanol–water partition coefficient (Wildman–Crippen LogP) is 30.2. The van der Waals surface area contributed by atoms with Crippen LogP contribution in [-0.2, 0) is 5.41 Å². The quantitative estimate of drug-likeness (QED) is 0.127. The van der Waals surface area contributed by atoms with Gasteiger partial charge in [0.05, 0.1) is 61.0 Å². The molecule has 0 fully saturated rings. The molecule has 0 aliphatic heterocycles. The van der Waals surface area contributed by atoms with E-state index in [1.807, 2.05) is 0 Å². The molecular weight excluding hydrogens is 1480 g/mol. The summed E-state index contributed by atoms with van der Waals surface area (Å²) >= 11 is 0. The number of rotatable bonds is 5. The van der Waals surface area contributed by atoms with E-state index in [1.165, 1.54) is 164 Å². The highest BCUT2D eigenvalue weighted by molar-refractivity contribution is 6.22. The van der Waals surface area contributed by atoms with E-state index in [1.54, 1.807) is 0 Å². The Balaban J connectivity index is 0.000000101. The third-order valence-electron chi connectivity index (χ3n) is 25.9.